The predicted molar refractivity (Wildman–Crippen MR) is 77.7 cm³/mol. The van der Waals surface area contributed by atoms with Gasteiger partial charge in [0.15, 0.2) is 0 Å². The summed E-state index contributed by atoms with van der Waals surface area (Å²) in [6, 6.07) is 3.45. The number of carbonyl (C=O) groups is 2. The molecule has 1 aromatic carbocycles. The molecule has 1 aromatic rings. The van der Waals surface area contributed by atoms with Crippen LogP contribution in [0.2, 0.25) is 0 Å². The number of aromatic hydroxyl groups is 1. The van der Waals surface area contributed by atoms with E-state index in [0.29, 0.717) is 16.6 Å². The molecule has 7 heteroatoms. The number of rotatable bonds is 6. The Labute approximate surface area is 123 Å². The molecule has 0 aromatic heterocycles. The van der Waals surface area contributed by atoms with Crippen molar-refractivity contribution in [1.29, 1.82) is 0 Å². The quantitative estimate of drug-likeness (QED) is 0.733. The van der Waals surface area contributed by atoms with E-state index >= 15 is 0 Å². The maximum Gasteiger partial charge on any atom is 0.326 e. The normalized spacial score (nSPS) is 11.9. The molecular formula is C12H14BrNO4S. The minimum absolute atomic E-state index is 0.0461. The van der Waals surface area contributed by atoms with Crippen molar-refractivity contribution in [3.05, 3.63) is 28.2 Å². The Balaban J connectivity index is 2.81. The lowest BCUT2D eigenvalue weighted by Gasteiger charge is -2.14. The van der Waals surface area contributed by atoms with Crippen LogP contribution in [0.4, 0.5) is 0 Å². The monoisotopic (exact) mass is 347 g/mol. The van der Waals surface area contributed by atoms with Gasteiger partial charge in [0.25, 0.3) is 5.91 Å². The number of benzene rings is 1. The number of carboxylic acids is 1. The Morgan fingerprint density at radius 3 is 2.74 bits per heavy atom. The highest BCUT2D eigenvalue weighted by Gasteiger charge is 2.21. The first-order chi connectivity index (χ1) is 8.95. The van der Waals surface area contributed by atoms with Crippen LogP contribution in [0.25, 0.3) is 0 Å². The summed E-state index contributed by atoms with van der Waals surface area (Å²) >= 11 is 4.70. The molecule has 104 valence electrons. The van der Waals surface area contributed by atoms with Gasteiger partial charge in [0.05, 0.1) is 5.56 Å². The van der Waals surface area contributed by atoms with Crippen LogP contribution in [0.3, 0.4) is 0 Å². The van der Waals surface area contributed by atoms with Crippen LogP contribution in [-0.2, 0) is 4.79 Å². The Hall–Kier alpha value is -1.21. The topological polar surface area (TPSA) is 86.6 Å². The van der Waals surface area contributed by atoms with Crippen LogP contribution in [0.1, 0.15) is 16.8 Å². The second-order valence-corrected chi connectivity index (χ2v) is 5.71. The van der Waals surface area contributed by atoms with Gasteiger partial charge in [0.2, 0.25) is 0 Å². The van der Waals surface area contributed by atoms with Gasteiger partial charge in [-0.2, -0.15) is 11.8 Å². The summed E-state index contributed by atoms with van der Waals surface area (Å²) in [4.78, 5) is 23.0. The lowest BCUT2D eigenvalue weighted by Crippen LogP contribution is -2.41. The first-order valence-electron chi connectivity index (χ1n) is 5.46. The number of amides is 1. The number of hydrogen-bond donors (Lipinski definition) is 3. The van der Waals surface area contributed by atoms with Crippen LogP contribution in [0.5, 0.6) is 5.75 Å². The van der Waals surface area contributed by atoms with Gasteiger partial charge in [0, 0.05) is 4.47 Å². The van der Waals surface area contributed by atoms with Crippen molar-refractivity contribution >= 4 is 39.6 Å². The molecule has 5 nitrogen and oxygen atoms in total. The molecular weight excluding hydrogens is 334 g/mol. The number of thioether (sulfide) groups is 1. The molecule has 1 rings (SSSR count). The van der Waals surface area contributed by atoms with Crippen molar-refractivity contribution in [2.24, 2.45) is 0 Å². The molecule has 1 unspecified atom stereocenters. The molecule has 0 aliphatic heterocycles. The summed E-state index contributed by atoms with van der Waals surface area (Å²) in [7, 11) is 0. The Morgan fingerprint density at radius 2 is 2.16 bits per heavy atom. The smallest absolute Gasteiger partial charge is 0.326 e. The summed E-state index contributed by atoms with van der Waals surface area (Å²) in [5.74, 6) is -1.25. The lowest BCUT2D eigenvalue weighted by atomic mass is 10.1. The fourth-order valence-corrected chi connectivity index (χ4v) is 2.25. The van der Waals surface area contributed by atoms with E-state index in [0.717, 1.165) is 0 Å². The number of carboxylic acid groups (broad SMARTS) is 1. The first-order valence-corrected chi connectivity index (χ1v) is 7.65. The van der Waals surface area contributed by atoms with E-state index in [4.69, 9.17) is 5.11 Å². The molecule has 0 aliphatic carbocycles. The largest absolute Gasteiger partial charge is 0.507 e. The van der Waals surface area contributed by atoms with Crippen molar-refractivity contribution in [2.45, 2.75) is 12.5 Å². The minimum atomic E-state index is -1.09. The highest BCUT2D eigenvalue weighted by molar-refractivity contribution is 9.10. The van der Waals surface area contributed by atoms with Gasteiger partial charge in [-0.3, -0.25) is 4.79 Å². The fourth-order valence-electron chi connectivity index (χ4n) is 1.42. The van der Waals surface area contributed by atoms with Crippen molar-refractivity contribution < 1.29 is 19.8 Å². The zero-order valence-corrected chi connectivity index (χ0v) is 12.6. The van der Waals surface area contributed by atoms with Crippen LogP contribution in [-0.4, -0.2) is 40.1 Å². The van der Waals surface area contributed by atoms with E-state index in [1.165, 1.54) is 23.9 Å². The standard InChI is InChI=1S/C12H14BrNO4S/c1-19-5-4-9(12(17)18)14-11(16)8-6-7(13)2-3-10(8)15/h2-3,6,9,15H,4-5H2,1H3,(H,14,16)(H,17,18). The number of aliphatic carboxylic acids is 1. The Morgan fingerprint density at radius 1 is 1.47 bits per heavy atom. The number of hydrogen-bond acceptors (Lipinski definition) is 4. The second-order valence-electron chi connectivity index (χ2n) is 3.81. The third kappa shape index (κ3) is 4.76. The average molecular weight is 348 g/mol. The van der Waals surface area contributed by atoms with E-state index in [1.807, 2.05) is 6.26 Å². The molecule has 0 spiro atoms. The molecule has 0 heterocycles. The SMILES string of the molecule is CSCCC(NC(=O)c1cc(Br)ccc1O)C(=O)O. The molecule has 1 atom stereocenters. The molecule has 3 N–H and O–H groups in total. The van der Waals surface area contributed by atoms with Crippen LogP contribution in [0, 0.1) is 0 Å². The minimum Gasteiger partial charge on any atom is -0.507 e. The van der Waals surface area contributed by atoms with Gasteiger partial charge in [0.1, 0.15) is 11.8 Å². The summed E-state index contributed by atoms with van der Waals surface area (Å²) < 4.78 is 0.631. The van der Waals surface area contributed by atoms with Crippen molar-refractivity contribution in [1.82, 2.24) is 5.32 Å². The molecule has 0 saturated carbocycles. The van der Waals surface area contributed by atoms with Crippen LogP contribution < -0.4 is 5.32 Å². The maximum atomic E-state index is 11.9. The first kappa shape index (κ1) is 15.8. The van der Waals surface area contributed by atoms with E-state index < -0.39 is 17.9 Å². The van der Waals surface area contributed by atoms with Crippen LogP contribution in [0.15, 0.2) is 22.7 Å². The third-order valence-corrected chi connectivity index (χ3v) is 3.55. The van der Waals surface area contributed by atoms with Crippen molar-refractivity contribution in [2.75, 3.05) is 12.0 Å². The summed E-state index contributed by atoms with van der Waals surface area (Å²) in [6.07, 6.45) is 2.19. The predicted octanol–water partition coefficient (Wildman–Crippen LogP) is 2.09. The van der Waals surface area contributed by atoms with E-state index in [1.54, 1.807) is 6.07 Å². The molecule has 0 saturated heterocycles. The van der Waals surface area contributed by atoms with Gasteiger partial charge in [-0.05, 0) is 36.6 Å². The molecule has 0 aliphatic rings. The number of nitrogens with one attached hydrogen (secondary N) is 1. The summed E-state index contributed by atoms with van der Waals surface area (Å²) in [5.41, 5.74) is 0.0461. The van der Waals surface area contributed by atoms with Gasteiger partial charge >= 0.3 is 5.97 Å². The van der Waals surface area contributed by atoms with E-state index in [-0.39, 0.29) is 11.3 Å². The van der Waals surface area contributed by atoms with Gasteiger partial charge in [-0.1, -0.05) is 15.9 Å². The van der Waals surface area contributed by atoms with Crippen molar-refractivity contribution in [3.8, 4) is 5.75 Å². The van der Waals surface area contributed by atoms with Crippen LogP contribution >= 0.6 is 27.7 Å². The van der Waals surface area contributed by atoms with Crippen molar-refractivity contribution in [3.63, 3.8) is 0 Å². The summed E-state index contributed by atoms with van der Waals surface area (Å²) in [6.45, 7) is 0. The average Bonchev–Trinajstić information content (AvgIpc) is 2.36. The molecule has 0 radical (unpaired) electrons. The zero-order valence-electron chi connectivity index (χ0n) is 10.2. The highest BCUT2D eigenvalue weighted by atomic mass is 79.9. The zero-order chi connectivity index (χ0) is 14.4. The van der Waals surface area contributed by atoms with Gasteiger partial charge < -0.3 is 15.5 Å². The fraction of sp³-hybridized carbons (Fsp3) is 0.333. The maximum absolute atomic E-state index is 11.9. The number of halogens is 1. The Kier molecular flexibility index (Phi) is 6.17. The highest BCUT2D eigenvalue weighted by Crippen LogP contribution is 2.21. The summed E-state index contributed by atoms with van der Waals surface area (Å²) in [5, 5.41) is 21.0. The van der Waals surface area contributed by atoms with Gasteiger partial charge in [-0.25, -0.2) is 4.79 Å². The number of phenolic OH excluding ortho intramolecular Hbond substituents is 1. The molecule has 19 heavy (non-hydrogen) atoms. The molecule has 1 amide bonds. The third-order valence-electron chi connectivity index (χ3n) is 2.42. The molecule has 0 fully saturated rings. The van der Waals surface area contributed by atoms with E-state index in [9.17, 15) is 14.7 Å². The molecule has 0 bridgehead atoms. The van der Waals surface area contributed by atoms with Gasteiger partial charge in [-0.15, -0.1) is 0 Å². The number of carbonyl (C=O) groups excluding carboxylic acids is 1. The van der Waals surface area contributed by atoms with E-state index in [2.05, 4.69) is 21.2 Å². The Bertz CT molecular complexity index is 481. The lowest BCUT2D eigenvalue weighted by molar-refractivity contribution is -0.139. The number of phenols is 1. The second kappa shape index (κ2) is 7.40.